The molecule has 0 radical (unpaired) electrons. The molecule has 0 bridgehead atoms. The molecule has 2 aromatic carbocycles. The van der Waals surface area contributed by atoms with E-state index in [1.807, 2.05) is 0 Å². The predicted molar refractivity (Wildman–Crippen MR) is 103 cm³/mol. The van der Waals surface area contributed by atoms with E-state index in [1.165, 1.54) is 18.2 Å². The number of fused-ring (bicyclic) bond motifs is 1. The molecule has 0 saturated carbocycles. The second kappa shape index (κ2) is 8.62. The third-order valence-electron chi connectivity index (χ3n) is 4.45. The van der Waals surface area contributed by atoms with Crippen molar-refractivity contribution in [2.45, 2.75) is 32.7 Å². The van der Waals surface area contributed by atoms with Gasteiger partial charge in [0.25, 0.3) is 5.91 Å². The largest absolute Gasteiger partial charge is 0.451 e. The van der Waals surface area contributed by atoms with Crippen LogP contribution in [0.15, 0.2) is 63.8 Å². The maximum Gasteiger partial charge on any atom is 0.290 e. The van der Waals surface area contributed by atoms with E-state index < -0.39 is 0 Å². The highest BCUT2D eigenvalue weighted by Gasteiger charge is 2.20. The van der Waals surface area contributed by atoms with Gasteiger partial charge in [0.05, 0.1) is 5.39 Å². The molecule has 5 heteroatoms. The van der Waals surface area contributed by atoms with Gasteiger partial charge in [0.15, 0.2) is 11.2 Å². The van der Waals surface area contributed by atoms with Crippen molar-refractivity contribution in [1.82, 2.24) is 4.90 Å². The van der Waals surface area contributed by atoms with Gasteiger partial charge in [-0.15, -0.1) is 0 Å². The Bertz CT molecular complexity index is 979. The molecule has 0 aliphatic heterocycles. The predicted octanol–water partition coefficient (Wildman–Crippen LogP) is 4.76. The van der Waals surface area contributed by atoms with Crippen LogP contribution in [0.5, 0.6) is 0 Å². The zero-order chi connectivity index (χ0) is 19.2. The van der Waals surface area contributed by atoms with E-state index in [9.17, 15) is 14.0 Å². The minimum Gasteiger partial charge on any atom is -0.451 e. The smallest absolute Gasteiger partial charge is 0.290 e. The van der Waals surface area contributed by atoms with Crippen LogP contribution >= 0.6 is 0 Å². The molecular weight excluding hydrogens is 345 g/mol. The van der Waals surface area contributed by atoms with E-state index in [2.05, 4.69) is 6.92 Å². The number of hydrogen-bond acceptors (Lipinski definition) is 3. The van der Waals surface area contributed by atoms with Crippen LogP contribution in [0.2, 0.25) is 0 Å². The van der Waals surface area contributed by atoms with Gasteiger partial charge in [-0.1, -0.05) is 44.0 Å². The van der Waals surface area contributed by atoms with Gasteiger partial charge in [-0.05, 0) is 36.2 Å². The van der Waals surface area contributed by atoms with Crippen LogP contribution in [-0.4, -0.2) is 17.4 Å². The van der Waals surface area contributed by atoms with Gasteiger partial charge >= 0.3 is 0 Å². The third-order valence-corrected chi connectivity index (χ3v) is 4.45. The molecule has 0 saturated heterocycles. The van der Waals surface area contributed by atoms with Crippen molar-refractivity contribution in [2.24, 2.45) is 0 Å². The molecule has 3 rings (SSSR count). The summed E-state index contributed by atoms with van der Waals surface area (Å²) in [7, 11) is 0. The summed E-state index contributed by atoms with van der Waals surface area (Å²) in [5, 5.41) is 0.449. The van der Waals surface area contributed by atoms with Crippen LogP contribution in [0.3, 0.4) is 0 Å². The molecule has 4 nitrogen and oxygen atoms in total. The van der Waals surface area contributed by atoms with Crippen LogP contribution in [0, 0.1) is 5.82 Å². The summed E-state index contributed by atoms with van der Waals surface area (Å²) in [5.74, 6) is -0.626. The normalized spacial score (nSPS) is 10.9. The number of unbranched alkanes of at least 4 members (excludes halogenated alkanes) is 2. The van der Waals surface area contributed by atoms with Gasteiger partial charge in [-0.2, -0.15) is 0 Å². The summed E-state index contributed by atoms with van der Waals surface area (Å²) in [4.78, 5) is 27.0. The van der Waals surface area contributed by atoms with Gasteiger partial charge in [-0.25, -0.2) is 4.39 Å². The summed E-state index contributed by atoms with van der Waals surface area (Å²) in [5.41, 5.74) is 0.975. The molecule has 0 unspecified atom stereocenters. The van der Waals surface area contributed by atoms with Crippen molar-refractivity contribution in [2.75, 3.05) is 6.54 Å². The van der Waals surface area contributed by atoms with Gasteiger partial charge < -0.3 is 9.32 Å². The van der Waals surface area contributed by atoms with Crippen LogP contribution in [0.25, 0.3) is 11.0 Å². The molecule has 1 heterocycles. The fourth-order valence-corrected chi connectivity index (χ4v) is 2.98. The van der Waals surface area contributed by atoms with E-state index in [-0.39, 0.29) is 22.9 Å². The lowest BCUT2D eigenvalue weighted by Gasteiger charge is -2.22. The second-order valence-electron chi connectivity index (χ2n) is 6.53. The summed E-state index contributed by atoms with van der Waals surface area (Å²) in [6.45, 7) is 2.97. The van der Waals surface area contributed by atoms with E-state index in [4.69, 9.17) is 4.42 Å². The molecular formula is C22H22FNO3. The number of amides is 1. The molecule has 0 atom stereocenters. The standard InChI is InChI=1S/C22H22FNO3/c1-2-3-6-13-24(15-16-9-11-17(23)12-10-16)22(26)21-14-19(25)18-7-4-5-8-20(18)27-21/h4-5,7-12,14H,2-3,6,13,15H2,1H3. The molecule has 3 aromatic rings. The Morgan fingerprint density at radius 2 is 1.81 bits per heavy atom. The number of carbonyl (C=O) groups is 1. The van der Waals surface area contributed by atoms with Crippen molar-refractivity contribution in [3.63, 3.8) is 0 Å². The zero-order valence-corrected chi connectivity index (χ0v) is 15.3. The number of carbonyl (C=O) groups excluding carboxylic acids is 1. The first kappa shape index (κ1) is 18.8. The van der Waals surface area contributed by atoms with Crippen molar-refractivity contribution in [1.29, 1.82) is 0 Å². The third kappa shape index (κ3) is 4.61. The van der Waals surface area contributed by atoms with Crippen LogP contribution < -0.4 is 5.43 Å². The lowest BCUT2D eigenvalue weighted by molar-refractivity contribution is 0.0708. The number of halogens is 1. The van der Waals surface area contributed by atoms with E-state index in [1.54, 1.807) is 41.3 Å². The number of hydrogen-bond donors (Lipinski definition) is 0. The highest BCUT2D eigenvalue weighted by molar-refractivity contribution is 5.93. The van der Waals surface area contributed by atoms with Crippen LogP contribution in [0.4, 0.5) is 4.39 Å². The Balaban J connectivity index is 1.89. The summed E-state index contributed by atoms with van der Waals surface area (Å²) in [6.07, 6.45) is 2.87. The molecule has 140 valence electrons. The Labute approximate surface area is 157 Å². The average molecular weight is 367 g/mol. The lowest BCUT2D eigenvalue weighted by Crippen LogP contribution is -2.32. The minimum atomic E-state index is -0.335. The SMILES string of the molecule is CCCCCN(Cc1ccc(F)cc1)C(=O)c1cc(=O)c2ccccc2o1. The zero-order valence-electron chi connectivity index (χ0n) is 15.3. The highest BCUT2D eigenvalue weighted by atomic mass is 19.1. The molecule has 0 fully saturated rings. The average Bonchev–Trinajstić information content (AvgIpc) is 2.68. The van der Waals surface area contributed by atoms with Gasteiger partial charge in [0.2, 0.25) is 0 Å². The summed E-state index contributed by atoms with van der Waals surface area (Å²) in [6, 6.07) is 14.2. The molecule has 27 heavy (non-hydrogen) atoms. The maximum absolute atomic E-state index is 13.2. The Morgan fingerprint density at radius 3 is 2.56 bits per heavy atom. The first-order chi connectivity index (χ1) is 13.1. The molecule has 0 N–H and O–H groups in total. The summed E-state index contributed by atoms with van der Waals surface area (Å²) < 4.78 is 18.9. The minimum absolute atomic E-state index is 0.0253. The van der Waals surface area contributed by atoms with Crippen molar-refractivity contribution in [3.05, 3.63) is 82.0 Å². The summed E-state index contributed by atoms with van der Waals surface area (Å²) >= 11 is 0. The number of rotatable bonds is 7. The van der Waals surface area contributed by atoms with Gasteiger partial charge in [-0.3, -0.25) is 9.59 Å². The molecule has 0 aliphatic carbocycles. The number of benzene rings is 2. The Kier molecular flexibility index (Phi) is 6.01. The highest BCUT2D eigenvalue weighted by Crippen LogP contribution is 2.16. The van der Waals surface area contributed by atoms with E-state index in [0.29, 0.717) is 24.1 Å². The van der Waals surface area contributed by atoms with E-state index in [0.717, 1.165) is 24.8 Å². The first-order valence-electron chi connectivity index (χ1n) is 9.15. The van der Waals surface area contributed by atoms with Crippen molar-refractivity contribution in [3.8, 4) is 0 Å². The quantitative estimate of drug-likeness (QED) is 0.566. The fourth-order valence-electron chi connectivity index (χ4n) is 2.98. The van der Waals surface area contributed by atoms with Crippen LogP contribution in [-0.2, 0) is 6.54 Å². The molecule has 1 aromatic heterocycles. The molecule has 1 amide bonds. The lowest BCUT2D eigenvalue weighted by atomic mass is 10.1. The maximum atomic E-state index is 13.2. The fraction of sp³-hybridized carbons (Fsp3) is 0.273. The second-order valence-corrected chi connectivity index (χ2v) is 6.53. The topological polar surface area (TPSA) is 50.5 Å². The first-order valence-corrected chi connectivity index (χ1v) is 9.15. The Morgan fingerprint density at radius 1 is 1.07 bits per heavy atom. The van der Waals surface area contributed by atoms with Crippen molar-refractivity contribution < 1.29 is 13.6 Å². The van der Waals surface area contributed by atoms with Crippen LogP contribution in [0.1, 0.15) is 42.3 Å². The number of nitrogens with zero attached hydrogens (tertiary/aromatic N) is 1. The Hall–Kier alpha value is -2.95. The van der Waals surface area contributed by atoms with Crippen molar-refractivity contribution >= 4 is 16.9 Å². The monoisotopic (exact) mass is 367 g/mol. The van der Waals surface area contributed by atoms with Gasteiger partial charge in [0, 0.05) is 19.2 Å². The molecule has 0 aliphatic rings. The number of para-hydroxylation sites is 1. The van der Waals surface area contributed by atoms with Gasteiger partial charge in [0.1, 0.15) is 11.4 Å². The van der Waals surface area contributed by atoms with E-state index >= 15 is 0 Å². The molecule has 0 spiro atoms.